The number of hydrogen-bond acceptors (Lipinski definition) is 3. The molecule has 0 aliphatic carbocycles. The van der Waals surface area contributed by atoms with Crippen LogP contribution in [-0.4, -0.2) is 0 Å². The van der Waals surface area contributed by atoms with Crippen LogP contribution in [0.25, 0.3) is 66.4 Å². The normalized spacial score (nSPS) is 11.2. The third-order valence-corrected chi connectivity index (χ3v) is 11.8. The SMILES string of the molecule is c1ccc(-c2cccc(N(c3cccc(-c4ccccc4)c3)c3ccccc3-c3ccccc3N(c3cccc(-c4ccccc4)c3)c3ccc4c(c3)oc3ccccc34)c2)cc1. The van der Waals surface area contributed by atoms with Crippen molar-refractivity contribution in [2.45, 2.75) is 0 Å². The summed E-state index contributed by atoms with van der Waals surface area (Å²) in [6.07, 6.45) is 0. The predicted octanol–water partition coefficient (Wildman–Crippen LogP) is 17.2. The summed E-state index contributed by atoms with van der Waals surface area (Å²) in [4.78, 5) is 4.79. The lowest BCUT2D eigenvalue weighted by Gasteiger charge is -2.31. The van der Waals surface area contributed by atoms with Crippen LogP contribution in [-0.2, 0) is 0 Å². The average molecular weight is 807 g/mol. The molecule has 0 spiro atoms. The van der Waals surface area contributed by atoms with Gasteiger partial charge in [-0.05, 0) is 100 Å². The fraction of sp³-hybridized carbons (Fsp3) is 0. The molecule has 11 aromatic rings. The summed E-state index contributed by atoms with van der Waals surface area (Å²) in [6, 6.07) is 90.8. The highest BCUT2D eigenvalue weighted by Crippen LogP contribution is 2.48. The van der Waals surface area contributed by atoms with E-state index in [0.29, 0.717) is 0 Å². The highest BCUT2D eigenvalue weighted by Gasteiger charge is 2.24. The number of furan rings is 1. The molecule has 0 fully saturated rings. The van der Waals surface area contributed by atoms with Crippen molar-refractivity contribution < 1.29 is 4.42 Å². The van der Waals surface area contributed by atoms with E-state index in [1.54, 1.807) is 0 Å². The highest BCUT2D eigenvalue weighted by molar-refractivity contribution is 6.06. The Hall–Kier alpha value is -8.40. The van der Waals surface area contributed by atoms with Crippen LogP contribution in [0.5, 0.6) is 0 Å². The first kappa shape index (κ1) is 37.6. The van der Waals surface area contributed by atoms with Crippen molar-refractivity contribution in [2.75, 3.05) is 9.80 Å². The summed E-state index contributed by atoms with van der Waals surface area (Å²) < 4.78 is 6.52. The molecule has 0 saturated carbocycles. The topological polar surface area (TPSA) is 19.6 Å². The zero-order valence-corrected chi connectivity index (χ0v) is 34.6. The third kappa shape index (κ3) is 7.32. The number of rotatable bonds is 10. The van der Waals surface area contributed by atoms with Crippen molar-refractivity contribution in [1.29, 1.82) is 0 Å². The number of anilines is 6. The van der Waals surface area contributed by atoms with Crippen LogP contribution in [0, 0.1) is 0 Å². The minimum absolute atomic E-state index is 0.846. The quantitative estimate of drug-likeness (QED) is 0.137. The van der Waals surface area contributed by atoms with Gasteiger partial charge < -0.3 is 14.2 Å². The Balaban J connectivity index is 1.12. The van der Waals surface area contributed by atoms with Gasteiger partial charge in [0.05, 0.1) is 11.4 Å². The van der Waals surface area contributed by atoms with E-state index in [9.17, 15) is 0 Å². The number of nitrogens with zero attached hydrogens (tertiary/aromatic N) is 2. The molecule has 1 heterocycles. The molecule has 11 rings (SSSR count). The predicted molar refractivity (Wildman–Crippen MR) is 265 cm³/mol. The molecule has 3 nitrogen and oxygen atoms in total. The average Bonchev–Trinajstić information content (AvgIpc) is 3.74. The Morgan fingerprint density at radius 3 is 1.08 bits per heavy atom. The second kappa shape index (κ2) is 16.6. The van der Waals surface area contributed by atoms with Crippen LogP contribution in [0.15, 0.2) is 259 Å². The summed E-state index contributed by atoms with van der Waals surface area (Å²) in [5.41, 5.74) is 17.1. The fourth-order valence-corrected chi connectivity index (χ4v) is 8.87. The van der Waals surface area contributed by atoms with E-state index in [1.165, 1.54) is 11.1 Å². The van der Waals surface area contributed by atoms with Gasteiger partial charge in [-0.3, -0.25) is 0 Å². The van der Waals surface area contributed by atoms with Gasteiger partial charge in [-0.1, -0.05) is 182 Å². The molecule has 0 amide bonds. The Kier molecular flexibility index (Phi) is 9.89. The van der Waals surface area contributed by atoms with Gasteiger partial charge in [0.15, 0.2) is 0 Å². The van der Waals surface area contributed by atoms with E-state index >= 15 is 0 Å². The van der Waals surface area contributed by atoms with Crippen LogP contribution >= 0.6 is 0 Å². The second-order valence-electron chi connectivity index (χ2n) is 15.7. The van der Waals surface area contributed by atoms with E-state index < -0.39 is 0 Å². The fourth-order valence-electron chi connectivity index (χ4n) is 8.87. The smallest absolute Gasteiger partial charge is 0.137 e. The lowest BCUT2D eigenvalue weighted by atomic mass is 9.97. The number of fused-ring (bicyclic) bond motifs is 3. The molecule has 0 unspecified atom stereocenters. The monoisotopic (exact) mass is 806 g/mol. The lowest BCUT2D eigenvalue weighted by Crippen LogP contribution is -2.14. The summed E-state index contributed by atoms with van der Waals surface area (Å²) in [5, 5.41) is 2.20. The first-order valence-electron chi connectivity index (χ1n) is 21.4. The van der Waals surface area contributed by atoms with Crippen LogP contribution in [0.4, 0.5) is 34.1 Å². The zero-order chi connectivity index (χ0) is 42.0. The van der Waals surface area contributed by atoms with E-state index in [0.717, 1.165) is 89.4 Å². The summed E-state index contributed by atoms with van der Waals surface area (Å²) >= 11 is 0. The molecule has 0 aliphatic rings. The number of para-hydroxylation sites is 3. The van der Waals surface area contributed by atoms with Crippen LogP contribution in [0.1, 0.15) is 0 Å². The van der Waals surface area contributed by atoms with Gasteiger partial charge >= 0.3 is 0 Å². The van der Waals surface area contributed by atoms with Crippen molar-refractivity contribution in [1.82, 2.24) is 0 Å². The van der Waals surface area contributed by atoms with Crippen LogP contribution < -0.4 is 9.80 Å². The summed E-state index contributed by atoms with van der Waals surface area (Å²) in [5.74, 6) is 0. The van der Waals surface area contributed by atoms with Crippen molar-refractivity contribution in [2.24, 2.45) is 0 Å². The Morgan fingerprint density at radius 1 is 0.238 bits per heavy atom. The summed E-state index contributed by atoms with van der Waals surface area (Å²) in [7, 11) is 0. The molecule has 0 bridgehead atoms. The molecule has 0 saturated heterocycles. The highest BCUT2D eigenvalue weighted by atomic mass is 16.3. The molecule has 3 heteroatoms. The van der Waals surface area contributed by atoms with Gasteiger partial charge in [0, 0.05) is 50.7 Å². The maximum absolute atomic E-state index is 6.52. The number of hydrogen-bond donors (Lipinski definition) is 0. The van der Waals surface area contributed by atoms with Gasteiger partial charge in [-0.25, -0.2) is 0 Å². The second-order valence-corrected chi connectivity index (χ2v) is 15.7. The maximum Gasteiger partial charge on any atom is 0.137 e. The molecule has 1 aromatic heterocycles. The number of benzene rings is 10. The minimum Gasteiger partial charge on any atom is -0.456 e. The Morgan fingerprint density at radius 2 is 0.603 bits per heavy atom. The Bertz CT molecular complexity index is 3270. The summed E-state index contributed by atoms with van der Waals surface area (Å²) in [6.45, 7) is 0. The maximum atomic E-state index is 6.52. The molecule has 10 aromatic carbocycles. The van der Waals surface area contributed by atoms with Gasteiger partial charge in [0.25, 0.3) is 0 Å². The van der Waals surface area contributed by atoms with Crippen molar-refractivity contribution >= 4 is 56.1 Å². The first-order chi connectivity index (χ1) is 31.2. The van der Waals surface area contributed by atoms with Gasteiger partial charge in [0.2, 0.25) is 0 Å². The lowest BCUT2D eigenvalue weighted by molar-refractivity contribution is 0.669. The molecule has 0 N–H and O–H groups in total. The molecular weight excluding hydrogens is 765 g/mol. The van der Waals surface area contributed by atoms with Gasteiger partial charge in [0.1, 0.15) is 11.2 Å². The van der Waals surface area contributed by atoms with E-state index in [2.05, 4.69) is 252 Å². The Labute approximate surface area is 368 Å². The van der Waals surface area contributed by atoms with Crippen LogP contribution in [0.3, 0.4) is 0 Å². The van der Waals surface area contributed by atoms with Crippen molar-refractivity contribution in [3.05, 3.63) is 255 Å². The molecule has 0 aliphatic heterocycles. The molecule has 63 heavy (non-hydrogen) atoms. The van der Waals surface area contributed by atoms with E-state index in [1.807, 2.05) is 12.1 Å². The van der Waals surface area contributed by atoms with Gasteiger partial charge in [-0.15, -0.1) is 0 Å². The molecule has 298 valence electrons. The van der Waals surface area contributed by atoms with E-state index in [-0.39, 0.29) is 0 Å². The minimum atomic E-state index is 0.846. The van der Waals surface area contributed by atoms with Gasteiger partial charge in [-0.2, -0.15) is 0 Å². The zero-order valence-electron chi connectivity index (χ0n) is 34.6. The van der Waals surface area contributed by atoms with Crippen molar-refractivity contribution in [3.63, 3.8) is 0 Å². The molecular formula is C60H42N2O. The van der Waals surface area contributed by atoms with Crippen LogP contribution in [0.2, 0.25) is 0 Å². The molecule has 0 atom stereocenters. The standard InChI is InChI=1S/C60H42N2O/c1-4-19-43(20-5-1)46-25-16-28-49(39-46)61(50-29-17-26-47(40-50)44-21-6-2-7-22-44)57-34-13-10-31-53(57)54-32-11-14-35-58(54)62(51-30-18-27-48(41-51)45-23-8-3-9-24-45)52-37-38-56-55-33-12-15-36-59(55)63-60(56)42-52/h1-42H. The first-order valence-corrected chi connectivity index (χ1v) is 21.4. The van der Waals surface area contributed by atoms with E-state index in [4.69, 9.17) is 4.42 Å². The molecule has 0 radical (unpaired) electrons. The third-order valence-electron chi connectivity index (χ3n) is 11.8. The van der Waals surface area contributed by atoms with Crippen molar-refractivity contribution in [3.8, 4) is 44.5 Å². The largest absolute Gasteiger partial charge is 0.456 e.